The number of nitrogens with two attached hydrogens (primary N) is 2. The number of esters is 1. The van der Waals surface area contributed by atoms with E-state index in [0.717, 1.165) is 10.5 Å². The SMILES string of the molecule is CN(C(=O)C(=Cc1ccc(O)cc1)c1ncccc1C(=O)OCc1ccccc1)C(=O)[C@H](CCCNC(=N)N)NC(=O)CN. The summed E-state index contributed by atoms with van der Waals surface area (Å²) in [5.41, 5.74) is 11.8. The second-order valence-corrected chi connectivity index (χ2v) is 9.62. The van der Waals surface area contributed by atoms with Gasteiger partial charge in [-0.2, -0.15) is 0 Å². The van der Waals surface area contributed by atoms with Gasteiger partial charge in [0.15, 0.2) is 5.96 Å². The van der Waals surface area contributed by atoms with Crippen molar-refractivity contribution in [3.63, 3.8) is 0 Å². The number of carbonyl (C=O) groups is 4. The average molecular weight is 602 g/mol. The Morgan fingerprint density at radius 1 is 1.07 bits per heavy atom. The largest absolute Gasteiger partial charge is 0.508 e. The summed E-state index contributed by atoms with van der Waals surface area (Å²) >= 11 is 0. The van der Waals surface area contributed by atoms with Crippen LogP contribution in [0.5, 0.6) is 5.75 Å². The van der Waals surface area contributed by atoms with E-state index in [0.29, 0.717) is 12.0 Å². The van der Waals surface area contributed by atoms with Crippen LogP contribution < -0.4 is 22.1 Å². The molecule has 0 spiro atoms. The smallest absolute Gasteiger partial charge is 0.340 e. The standard InChI is InChI=1S/C31H35N7O6/c1-38(29(42)25(37-26(40)18-32)10-6-16-36-31(33)34)28(41)24(17-20-11-13-22(39)14-12-20)27-23(9-5-15-35-27)30(43)44-19-21-7-3-2-4-8-21/h2-5,7-9,11-15,17,25,39H,6,10,16,18-19,32H2,1H3,(H,37,40)(H4,33,34,36)/t25-/m0/s1. The molecule has 0 radical (unpaired) electrons. The van der Waals surface area contributed by atoms with Gasteiger partial charge in [-0.3, -0.25) is 29.7 Å². The Balaban J connectivity index is 1.97. The maximum Gasteiger partial charge on any atom is 0.340 e. The normalized spacial score (nSPS) is 11.6. The molecule has 0 aliphatic carbocycles. The van der Waals surface area contributed by atoms with Gasteiger partial charge in [0.25, 0.3) is 11.8 Å². The molecule has 8 N–H and O–H groups in total. The van der Waals surface area contributed by atoms with Gasteiger partial charge in [0.05, 0.1) is 23.4 Å². The number of guanidine groups is 1. The summed E-state index contributed by atoms with van der Waals surface area (Å²) in [7, 11) is 1.25. The molecule has 1 heterocycles. The Morgan fingerprint density at radius 3 is 2.43 bits per heavy atom. The summed E-state index contributed by atoms with van der Waals surface area (Å²) in [5, 5.41) is 22.2. The Hall–Kier alpha value is -5.56. The fourth-order valence-corrected chi connectivity index (χ4v) is 4.11. The fourth-order valence-electron chi connectivity index (χ4n) is 4.11. The van der Waals surface area contributed by atoms with Gasteiger partial charge in [-0.1, -0.05) is 42.5 Å². The first-order chi connectivity index (χ1) is 21.1. The molecule has 0 saturated heterocycles. The molecule has 2 aromatic carbocycles. The molecule has 13 nitrogen and oxygen atoms in total. The van der Waals surface area contributed by atoms with Crippen LogP contribution in [0, 0.1) is 5.41 Å². The van der Waals surface area contributed by atoms with Gasteiger partial charge in [0, 0.05) is 19.8 Å². The molecular formula is C31H35N7O6. The minimum absolute atomic E-state index is 0.00286. The van der Waals surface area contributed by atoms with Crippen molar-refractivity contribution in [2.45, 2.75) is 25.5 Å². The number of aromatic nitrogens is 1. The summed E-state index contributed by atoms with van der Waals surface area (Å²) in [5.74, 6) is -3.13. The fraction of sp³-hybridized carbons (Fsp3) is 0.226. The number of likely N-dealkylation sites (N-methyl/N-ethyl adjacent to an activating group) is 1. The molecule has 1 aromatic heterocycles. The highest BCUT2D eigenvalue weighted by molar-refractivity contribution is 6.28. The zero-order chi connectivity index (χ0) is 32.1. The minimum Gasteiger partial charge on any atom is -0.508 e. The van der Waals surface area contributed by atoms with Crippen LogP contribution in [-0.4, -0.2) is 70.8 Å². The highest BCUT2D eigenvalue weighted by atomic mass is 16.5. The van der Waals surface area contributed by atoms with Crippen LogP contribution in [-0.2, 0) is 25.7 Å². The van der Waals surface area contributed by atoms with Crippen LogP contribution in [0.2, 0.25) is 0 Å². The van der Waals surface area contributed by atoms with Crippen molar-refractivity contribution in [2.24, 2.45) is 11.5 Å². The zero-order valence-corrected chi connectivity index (χ0v) is 24.2. The number of aromatic hydroxyl groups is 1. The molecule has 230 valence electrons. The van der Waals surface area contributed by atoms with Gasteiger partial charge >= 0.3 is 5.97 Å². The summed E-state index contributed by atoms with van der Waals surface area (Å²) in [4.78, 5) is 58.0. The van der Waals surface area contributed by atoms with Crippen molar-refractivity contribution in [1.82, 2.24) is 20.5 Å². The monoisotopic (exact) mass is 601 g/mol. The van der Waals surface area contributed by atoms with Crippen molar-refractivity contribution in [2.75, 3.05) is 20.1 Å². The summed E-state index contributed by atoms with van der Waals surface area (Å²) in [6.45, 7) is -0.135. The lowest BCUT2D eigenvalue weighted by atomic mass is 10.0. The number of nitrogens with zero attached hydrogens (tertiary/aromatic N) is 2. The number of nitrogens with one attached hydrogen (secondary N) is 3. The Bertz CT molecular complexity index is 1510. The Labute approximate surface area is 254 Å². The molecule has 44 heavy (non-hydrogen) atoms. The molecule has 3 amide bonds. The molecule has 13 heteroatoms. The first-order valence-corrected chi connectivity index (χ1v) is 13.7. The maximum absolute atomic E-state index is 14.0. The van der Waals surface area contributed by atoms with E-state index >= 15 is 0 Å². The summed E-state index contributed by atoms with van der Waals surface area (Å²) < 4.78 is 5.50. The highest BCUT2D eigenvalue weighted by Crippen LogP contribution is 2.25. The highest BCUT2D eigenvalue weighted by Gasteiger charge is 2.31. The number of pyridine rings is 1. The average Bonchev–Trinajstić information content (AvgIpc) is 3.04. The Kier molecular flexibility index (Phi) is 12.1. The van der Waals surface area contributed by atoms with Gasteiger partial charge < -0.3 is 31.9 Å². The lowest BCUT2D eigenvalue weighted by Crippen LogP contribution is -2.50. The number of imide groups is 1. The second-order valence-electron chi connectivity index (χ2n) is 9.62. The van der Waals surface area contributed by atoms with E-state index in [1.165, 1.54) is 43.6 Å². The molecule has 0 aliphatic rings. The van der Waals surface area contributed by atoms with Gasteiger partial charge in [-0.05, 0) is 54.3 Å². The van der Waals surface area contributed by atoms with E-state index in [9.17, 15) is 24.3 Å². The molecular weight excluding hydrogens is 566 g/mol. The molecule has 3 aromatic rings. The molecule has 0 saturated carbocycles. The minimum atomic E-state index is -1.12. The van der Waals surface area contributed by atoms with Crippen LogP contribution in [0.15, 0.2) is 72.9 Å². The van der Waals surface area contributed by atoms with Gasteiger partial charge in [-0.15, -0.1) is 0 Å². The van der Waals surface area contributed by atoms with E-state index in [-0.39, 0.29) is 54.7 Å². The third-order valence-electron chi connectivity index (χ3n) is 6.37. The lowest BCUT2D eigenvalue weighted by Gasteiger charge is -2.24. The Morgan fingerprint density at radius 2 is 1.77 bits per heavy atom. The predicted molar refractivity (Wildman–Crippen MR) is 164 cm³/mol. The molecule has 0 fully saturated rings. The summed E-state index contributed by atoms with van der Waals surface area (Å²) in [6, 6.07) is 16.9. The topological polar surface area (TPSA) is 214 Å². The number of carbonyl (C=O) groups excluding carboxylic acids is 4. The van der Waals surface area contributed by atoms with Gasteiger partial charge in [0.1, 0.15) is 18.4 Å². The molecule has 0 unspecified atom stereocenters. The van der Waals surface area contributed by atoms with E-state index in [2.05, 4.69) is 15.6 Å². The van der Waals surface area contributed by atoms with Crippen molar-refractivity contribution in [3.05, 3.63) is 95.3 Å². The van der Waals surface area contributed by atoms with Gasteiger partial charge in [-0.25, -0.2) is 4.79 Å². The van der Waals surface area contributed by atoms with Crippen molar-refractivity contribution < 1.29 is 29.0 Å². The number of benzene rings is 2. The summed E-state index contributed by atoms with van der Waals surface area (Å²) in [6.07, 6.45) is 3.28. The van der Waals surface area contributed by atoms with Crippen LogP contribution in [0.4, 0.5) is 0 Å². The number of hydrogen-bond donors (Lipinski definition) is 6. The number of ether oxygens (including phenoxy) is 1. The number of rotatable bonds is 13. The van der Waals surface area contributed by atoms with E-state index in [1.807, 2.05) is 18.2 Å². The van der Waals surface area contributed by atoms with Gasteiger partial charge in [0.2, 0.25) is 5.91 Å². The number of hydrogen-bond acceptors (Lipinski definition) is 9. The first kappa shape index (κ1) is 32.9. The van der Waals surface area contributed by atoms with Crippen molar-refractivity contribution in [3.8, 4) is 5.75 Å². The van der Waals surface area contributed by atoms with Crippen LogP contribution in [0.3, 0.4) is 0 Å². The lowest BCUT2D eigenvalue weighted by molar-refractivity contribution is -0.142. The van der Waals surface area contributed by atoms with Crippen LogP contribution in [0.1, 0.15) is 40.0 Å². The van der Waals surface area contributed by atoms with Crippen LogP contribution in [0.25, 0.3) is 11.6 Å². The van der Waals surface area contributed by atoms with E-state index in [1.54, 1.807) is 24.3 Å². The maximum atomic E-state index is 14.0. The molecule has 1 atom stereocenters. The van der Waals surface area contributed by atoms with Crippen molar-refractivity contribution >= 4 is 41.3 Å². The second kappa shape index (κ2) is 16.2. The first-order valence-electron chi connectivity index (χ1n) is 13.7. The zero-order valence-electron chi connectivity index (χ0n) is 24.2. The quantitative estimate of drug-likeness (QED) is 0.0544. The molecule has 3 rings (SSSR count). The van der Waals surface area contributed by atoms with E-state index in [4.69, 9.17) is 21.6 Å². The van der Waals surface area contributed by atoms with E-state index < -0.39 is 29.7 Å². The van der Waals surface area contributed by atoms with Crippen molar-refractivity contribution in [1.29, 1.82) is 5.41 Å². The molecule has 0 aliphatic heterocycles. The third-order valence-corrected chi connectivity index (χ3v) is 6.37. The van der Waals surface area contributed by atoms with Crippen LogP contribution >= 0.6 is 0 Å². The molecule has 0 bridgehead atoms. The predicted octanol–water partition coefficient (Wildman–Crippen LogP) is 1.38. The number of phenols is 1. The number of amides is 3. The third kappa shape index (κ3) is 9.49. The number of phenolic OH excluding ortho intramolecular Hbond substituents is 1.